The van der Waals surface area contributed by atoms with Crippen LogP contribution in [0.15, 0.2) is 119 Å². The zero-order valence-electron chi connectivity index (χ0n) is 28.3. The van der Waals surface area contributed by atoms with Crippen LogP contribution >= 0.6 is 0 Å². The molecule has 7 rings (SSSR count). The molecule has 1 amide bonds. The van der Waals surface area contributed by atoms with Crippen molar-refractivity contribution in [2.24, 2.45) is 0 Å². The van der Waals surface area contributed by atoms with Crippen LogP contribution in [0.3, 0.4) is 0 Å². The average molecular weight is 745 g/mol. The Bertz CT molecular complexity index is 2450. The molecule has 4 aromatic carbocycles. The van der Waals surface area contributed by atoms with Crippen molar-refractivity contribution in [2.75, 3.05) is 40.4 Å². The van der Waals surface area contributed by atoms with Gasteiger partial charge in [-0.3, -0.25) is 9.69 Å². The summed E-state index contributed by atoms with van der Waals surface area (Å²) in [6, 6.07) is 26.6. The molecule has 1 saturated heterocycles. The molecule has 1 fully saturated rings. The van der Waals surface area contributed by atoms with Gasteiger partial charge in [-0.1, -0.05) is 36.4 Å². The second-order valence-corrected chi connectivity index (χ2v) is 15.4. The summed E-state index contributed by atoms with van der Waals surface area (Å²) in [6.45, 7) is 2.64. The zero-order chi connectivity index (χ0) is 37.0. The Labute approximate surface area is 300 Å². The molecule has 6 aromatic rings. The monoisotopic (exact) mass is 744 g/mol. The number of hydrogen-bond acceptors (Lipinski definition) is 9. The number of benzene rings is 4. The first-order chi connectivity index (χ1) is 25.0. The molecule has 270 valence electrons. The van der Waals surface area contributed by atoms with E-state index in [1.54, 1.807) is 98.2 Å². The molecule has 1 N–H and O–H groups in total. The van der Waals surface area contributed by atoms with Gasteiger partial charge < -0.3 is 19.5 Å². The standard InChI is InChI=1S/C21H23N3O5S.C16H13NO4S/c1-29-20-8-7-19-17(18(20)15-22-11-13-23(14-12-22)21(25)26)9-10-24(19)30(27,28)16-5-3-2-4-6-16;1-21-16-8-7-15-13(14(16)11-18)9-10-17(15)22(19,20)12-5-3-2-4-6-12/h2-10H,11-15H2,1H3,(H,25,26);2-11H,1H3. The number of ether oxygens (including phenoxy) is 2. The first kappa shape index (κ1) is 36.2. The smallest absolute Gasteiger partial charge is 0.407 e. The molecule has 0 radical (unpaired) electrons. The summed E-state index contributed by atoms with van der Waals surface area (Å²) in [5.41, 5.74) is 2.24. The number of carbonyl (C=O) groups is 2. The van der Waals surface area contributed by atoms with E-state index in [4.69, 9.17) is 14.6 Å². The van der Waals surface area contributed by atoms with Crippen molar-refractivity contribution >= 4 is 54.2 Å². The summed E-state index contributed by atoms with van der Waals surface area (Å²) in [7, 11) is -4.37. The Kier molecular flexibility index (Phi) is 10.4. The largest absolute Gasteiger partial charge is 0.496 e. The number of nitrogens with zero attached hydrogens (tertiary/aromatic N) is 4. The van der Waals surface area contributed by atoms with Gasteiger partial charge in [0.1, 0.15) is 11.5 Å². The van der Waals surface area contributed by atoms with E-state index in [-0.39, 0.29) is 9.79 Å². The van der Waals surface area contributed by atoms with E-state index < -0.39 is 26.1 Å². The van der Waals surface area contributed by atoms with Crippen molar-refractivity contribution in [1.29, 1.82) is 0 Å². The lowest BCUT2D eigenvalue weighted by atomic mass is 10.1. The highest BCUT2D eigenvalue weighted by molar-refractivity contribution is 7.90. The Hall–Kier alpha value is -5.64. The highest BCUT2D eigenvalue weighted by Gasteiger charge is 2.25. The number of fused-ring (bicyclic) bond motifs is 2. The molecule has 0 saturated carbocycles. The molecule has 13 nitrogen and oxygen atoms in total. The lowest BCUT2D eigenvalue weighted by Crippen LogP contribution is -2.47. The SMILES string of the molecule is COc1ccc2c(ccn2S(=O)(=O)c2ccccc2)c1C=O.COc1ccc2c(ccn2S(=O)(=O)c2ccccc2)c1CN1CCN(C(=O)O)CC1. The second kappa shape index (κ2) is 14.9. The van der Waals surface area contributed by atoms with Gasteiger partial charge in [-0.2, -0.15) is 0 Å². The third-order valence-electron chi connectivity index (χ3n) is 8.93. The fourth-order valence-electron chi connectivity index (χ4n) is 6.23. The first-order valence-corrected chi connectivity index (χ1v) is 19.0. The summed E-state index contributed by atoms with van der Waals surface area (Å²) in [4.78, 5) is 26.4. The number of amides is 1. The minimum absolute atomic E-state index is 0.191. The maximum Gasteiger partial charge on any atom is 0.407 e. The molecule has 0 bridgehead atoms. The van der Waals surface area contributed by atoms with Gasteiger partial charge in [0.15, 0.2) is 6.29 Å². The van der Waals surface area contributed by atoms with Crippen molar-refractivity contribution in [1.82, 2.24) is 17.7 Å². The lowest BCUT2D eigenvalue weighted by Gasteiger charge is -2.33. The first-order valence-electron chi connectivity index (χ1n) is 16.1. The minimum Gasteiger partial charge on any atom is -0.496 e. The number of rotatable bonds is 9. The van der Waals surface area contributed by atoms with E-state index in [1.165, 1.54) is 38.3 Å². The van der Waals surface area contributed by atoms with Crippen LogP contribution in [0, 0.1) is 0 Å². The van der Waals surface area contributed by atoms with Gasteiger partial charge in [0, 0.05) is 61.5 Å². The molecule has 15 heteroatoms. The number of aromatic nitrogens is 2. The molecule has 0 atom stereocenters. The molecule has 0 unspecified atom stereocenters. The zero-order valence-corrected chi connectivity index (χ0v) is 30.0. The van der Waals surface area contributed by atoms with Crippen LogP contribution in [0.4, 0.5) is 4.79 Å². The van der Waals surface area contributed by atoms with Crippen LogP contribution in [0.2, 0.25) is 0 Å². The van der Waals surface area contributed by atoms with Crippen molar-refractivity contribution < 1.29 is 41.0 Å². The van der Waals surface area contributed by atoms with Crippen LogP contribution in [0.5, 0.6) is 11.5 Å². The Balaban J connectivity index is 0.000000187. The maximum absolute atomic E-state index is 13.1. The van der Waals surface area contributed by atoms with Gasteiger partial charge in [0.25, 0.3) is 20.0 Å². The highest BCUT2D eigenvalue weighted by Crippen LogP contribution is 2.33. The Morgan fingerprint density at radius 1 is 0.673 bits per heavy atom. The van der Waals surface area contributed by atoms with E-state index in [9.17, 15) is 26.4 Å². The van der Waals surface area contributed by atoms with Crippen LogP contribution in [-0.2, 0) is 26.6 Å². The molecule has 52 heavy (non-hydrogen) atoms. The molecule has 0 spiro atoms. The normalized spacial score (nSPS) is 13.8. The maximum atomic E-state index is 13.1. The predicted octanol–water partition coefficient (Wildman–Crippen LogP) is 5.38. The van der Waals surface area contributed by atoms with Gasteiger partial charge in [-0.25, -0.2) is 29.6 Å². The topological polar surface area (TPSA) is 157 Å². The van der Waals surface area contributed by atoms with Gasteiger partial charge in [-0.15, -0.1) is 0 Å². The summed E-state index contributed by atoms with van der Waals surface area (Å²) in [6.07, 6.45) is 2.77. The molecule has 0 aliphatic carbocycles. The number of carboxylic acid groups (broad SMARTS) is 1. The van der Waals surface area contributed by atoms with Crippen LogP contribution in [0.25, 0.3) is 21.8 Å². The number of aldehydes is 1. The number of hydrogen-bond donors (Lipinski definition) is 1. The van der Waals surface area contributed by atoms with Gasteiger partial charge in [0.05, 0.1) is 40.6 Å². The van der Waals surface area contributed by atoms with E-state index in [0.29, 0.717) is 72.5 Å². The molecular formula is C37H36N4O9S2. The second-order valence-electron chi connectivity index (χ2n) is 11.8. The van der Waals surface area contributed by atoms with E-state index >= 15 is 0 Å². The van der Waals surface area contributed by atoms with Crippen molar-refractivity contribution in [2.45, 2.75) is 16.3 Å². The fraction of sp³-hybridized carbons (Fsp3) is 0.189. The predicted molar refractivity (Wildman–Crippen MR) is 195 cm³/mol. The van der Waals surface area contributed by atoms with Crippen molar-refractivity contribution in [3.63, 3.8) is 0 Å². The van der Waals surface area contributed by atoms with Gasteiger partial charge in [-0.05, 0) is 60.7 Å². The Morgan fingerprint density at radius 2 is 1.15 bits per heavy atom. The molecule has 2 aromatic heterocycles. The average Bonchev–Trinajstić information content (AvgIpc) is 3.82. The van der Waals surface area contributed by atoms with Gasteiger partial charge in [0.2, 0.25) is 0 Å². The molecule has 1 aliphatic heterocycles. The van der Waals surface area contributed by atoms with Crippen LogP contribution < -0.4 is 9.47 Å². The minimum atomic E-state index is -3.72. The lowest BCUT2D eigenvalue weighted by molar-refractivity contribution is 0.102. The van der Waals surface area contributed by atoms with E-state index in [1.807, 2.05) is 0 Å². The third-order valence-corrected chi connectivity index (χ3v) is 12.3. The van der Waals surface area contributed by atoms with Crippen LogP contribution in [-0.4, -0.2) is 92.5 Å². The van der Waals surface area contributed by atoms with Gasteiger partial charge >= 0.3 is 6.09 Å². The van der Waals surface area contributed by atoms with Crippen LogP contribution in [0.1, 0.15) is 15.9 Å². The van der Waals surface area contributed by atoms with E-state index in [0.717, 1.165) is 10.9 Å². The van der Waals surface area contributed by atoms with Crippen molar-refractivity contribution in [3.05, 3.63) is 121 Å². The molecule has 3 heterocycles. The summed E-state index contributed by atoms with van der Waals surface area (Å²) < 4.78 is 64.8. The summed E-state index contributed by atoms with van der Waals surface area (Å²) in [5, 5.41) is 10.5. The number of carbonyl (C=O) groups excluding carboxylic acids is 1. The van der Waals surface area contributed by atoms with Crippen molar-refractivity contribution in [3.8, 4) is 11.5 Å². The summed E-state index contributed by atoms with van der Waals surface area (Å²) in [5.74, 6) is 1.09. The third kappa shape index (κ3) is 6.85. The molecular weight excluding hydrogens is 709 g/mol. The number of piperazine rings is 1. The van der Waals surface area contributed by atoms with E-state index in [2.05, 4.69) is 4.90 Å². The fourth-order valence-corrected chi connectivity index (χ4v) is 8.97. The molecule has 1 aliphatic rings. The Morgan fingerprint density at radius 3 is 1.63 bits per heavy atom. The quantitative estimate of drug-likeness (QED) is 0.191. The summed E-state index contributed by atoms with van der Waals surface area (Å²) >= 11 is 0. The number of methoxy groups -OCH3 is 2. The highest BCUT2D eigenvalue weighted by atomic mass is 32.2.